The first-order valence-corrected chi connectivity index (χ1v) is 11.2. The van der Waals surface area contributed by atoms with E-state index < -0.39 is 10.0 Å². The standard InChI is InChI=1S/C22H26N2O4S/c1-16-6-5-11-24(15-16)29(27,28)21-10-4-8-19(13-21)22(26)14-23-20-9-3-7-18(12-20)17(2)25/h3-4,7-10,12-13,16,23H,5-6,11,14-15H2,1-2H3. The average molecular weight is 415 g/mol. The summed E-state index contributed by atoms with van der Waals surface area (Å²) in [6, 6.07) is 13.1. The topological polar surface area (TPSA) is 83.5 Å². The van der Waals surface area contributed by atoms with E-state index in [-0.39, 0.29) is 23.0 Å². The minimum Gasteiger partial charge on any atom is -0.378 e. The molecule has 1 heterocycles. The second-order valence-corrected chi connectivity index (χ2v) is 9.49. The van der Waals surface area contributed by atoms with Gasteiger partial charge in [0.1, 0.15) is 0 Å². The maximum atomic E-state index is 13.0. The molecule has 0 aromatic heterocycles. The largest absolute Gasteiger partial charge is 0.378 e. The number of hydrogen-bond donors (Lipinski definition) is 1. The van der Waals surface area contributed by atoms with Crippen LogP contribution in [0.25, 0.3) is 0 Å². The highest BCUT2D eigenvalue weighted by atomic mass is 32.2. The van der Waals surface area contributed by atoms with Crippen LogP contribution >= 0.6 is 0 Å². The molecule has 1 N–H and O–H groups in total. The highest BCUT2D eigenvalue weighted by molar-refractivity contribution is 7.89. The first kappa shape index (κ1) is 21.2. The molecule has 0 amide bonds. The highest BCUT2D eigenvalue weighted by Crippen LogP contribution is 2.24. The van der Waals surface area contributed by atoms with Gasteiger partial charge < -0.3 is 5.32 Å². The van der Waals surface area contributed by atoms with E-state index >= 15 is 0 Å². The monoisotopic (exact) mass is 414 g/mol. The van der Waals surface area contributed by atoms with Gasteiger partial charge in [-0.05, 0) is 49.9 Å². The van der Waals surface area contributed by atoms with E-state index in [0.29, 0.717) is 35.8 Å². The van der Waals surface area contributed by atoms with Crippen LogP contribution in [0.15, 0.2) is 53.4 Å². The summed E-state index contributed by atoms with van der Waals surface area (Å²) < 4.78 is 27.4. The Balaban J connectivity index is 1.72. The van der Waals surface area contributed by atoms with Gasteiger partial charge in [-0.15, -0.1) is 0 Å². The van der Waals surface area contributed by atoms with Gasteiger partial charge in [0.2, 0.25) is 10.0 Å². The van der Waals surface area contributed by atoms with Crippen molar-refractivity contribution in [2.45, 2.75) is 31.6 Å². The molecule has 7 heteroatoms. The number of hydrogen-bond acceptors (Lipinski definition) is 5. The van der Waals surface area contributed by atoms with Crippen LogP contribution in [-0.2, 0) is 10.0 Å². The number of benzene rings is 2. The van der Waals surface area contributed by atoms with Crippen molar-refractivity contribution in [2.75, 3.05) is 25.0 Å². The van der Waals surface area contributed by atoms with Crippen LogP contribution in [0, 0.1) is 5.92 Å². The summed E-state index contributed by atoms with van der Waals surface area (Å²) in [5, 5.41) is 3.00. The van der Waals surface area contributed by atoms with E-state index in [4.69, 9.17) is 0 Å². The van der Waals surface area contributed by atoms with E-state index in [1.807, 2.05) is 6.92 Å². The van der Waals surface area contributed by atoms with Crippen LogP contribution in [0.4, 0.5) is 5.69 Å². The Kier molecular flexibility index (Phi) is 6.49. The molecule has 29 heavy (non-hydrogen) atoms. The van der Waals surface area contributed by atoms with Gasteiger partial charge in [-0.2, -0.15) is 4.31 Å². The van der Waals surface area contributed by atoms with Crippen LogP contribution in [0.1, 0.15) is 47.4 Å². The van der Waals surface area contributed by atoms with Gasteiger partial charge in [0, 0.05) is 29.9 Å². The predicted molar refractivity (Wildman–Crippen MR) is 113 cm³/mol. The summed E-state index contributed by atoms with van der Waals surface area (Å²) in [7, 11) is -3.61. The third kappa shape index (κ3) is 5.10. The van der Waals surface area contributed by atoms with E-state index in [9.17, 15) is 18.0 Å². The Morgan fingerprint density at radius 2 is 1.83 bits per heavy atom. The molecule has 1 aliphatic heterocycles. The number of nitrogens with one attached hydrogen (secondary N) is 1. The van der Waals surface area contributed by atoms with Crippen LogP contribution in [0.2, 0.25) is 0 Å². The number of nitrogens with zero attached hydrogens (tertiary/aromatic N) is 1. The van der Waals surface area contributed by atoms with Crippen molar-refractivity contribution in [3.8, 4) is 0 Å². The van der Waals surface area contributed by atoms with Gasteiger partial charge in [0.15, 0.2) is 11.6 Å². The van der Waals surface area contributed by atoms with Crippen molar-refractivity contribution < 1.29 is 18.0 Å². The Labute approximate surface area is 172 Å². The summed E-state index contributed by atoms with van der Waals surface area (Å²) in [5.41, 5.74) is 1.56. The van der Waals surface area contributed by atoms with Crippen molar-refractivity contribution in [1.82, 2.24) is 4.31 Å². The highest BCUT2D eigenvalue weighted by Gasteiger charge is 2.29. The quantitative estimate of drug-likeness (QED) is 0.700. The summed E-state index contributed by atoms with van der Waals surface area (Å²) in [4.78, 5) is 24.2. The van der Waals surface area contributed by atoms with Gasteiger partial charge in [0.05, 0.1) is 11.4 Å². The van der Waals surface area contributed by atoms with Gasteiger partial charge in [-0.1, -0.05) is 31.2 Å². The maximum absolute atomic E-state index is 13.0. The molecule has 1 atom stereocenters. The third-order valence-corrected chi connectivity index (χ3v) is 7.00. The fraction of sp³-hybridized carbons (Fsp3) is 0.364. The summed E-state index contributed by atoms with van der Waals surface area (Å²) in [6.45, 7) is 4.56. The lowest BCUT2D eigenvalue weighted by Gasteiger charge is -2.30. The molecule has 1 saturated heterocycles. The Morgan fingerprint density at radius 1 is 1.10 bits per heavy atom. The fourth-order valence-electron chi connectivity index (χ4n) is 3.48. The molecular weight excluding hydrogens is 388 g/mol. The van der Waals surface area contributed by atoms with E-state index in [2.05, 4.69) is 5.32 Å². The number of anilines is 1. The lowest BCUT2D eigenvalue weighted by Crippen LogP contribution is -2.39. The zero-order chi connectivity index (χ0) is 21.0. The average Bonchev–Trinajstić information content (AvgIpc) is 2.72. The molecule has 0 aliphatic carbocycles. The van der Waals surface area contributed by atoms with Crippen molar-refractivity contribution >= 4 is 27.3 Å². The summed E-state index contributed by atoms with van der Waals surface area (Å²) in [5.74, 6) is 0.0607. The molecule has 0 bridgehead atoms. The molecule has 2 aromatic carbocycles. The SMILES string of the molecule is CC(=O)c1cccc(NCC(=O)c2cccc(S(=O)(=O)N3CCCC(C)C3)c2)c1. The molecule has 0 saturated carbocycles. The second-order valence-electron chi connectivity index (χ2n) is 7.55. The number of carbonyl (C=O) groups excluding carboxylic acids is 2. The number of ketones is 2. The van der Waals surface area contributed by atoms with E-state index in [1.54, 1.807) is 36.4 Å². The number of carbonyl (C=O) groups is 2. The lowest BCUT2D eigenvalue weighted by atomic mass is 10.0. The van der Waals surface area contributed by atoms with Crippen molar-refractivity contribution in [3.63, 3.8) is 0 Å². The van der Waals surface area contributed by atoms with E-state index in [0.717, 1.165) is 12.8 Å². The number of rotatable bonds is 7. The third-order valence-electron chi connectivity index (χ3n) is 5.14. The van der Waals surface area contributed by atoms with Crippen LogP contribution < -0.4 is 5.32 Å². The smallest absolute Gasteiger partial charge is 0.243 e. The number of piperidine rings is 1. The summed E-state index contributed by atoms with van der Waals surface area (Å²) in [6.07, 6.45) is 1.88. The summed E-state index contributed by atoms with van der Waals surface area (Å²) >= 11 is 0. The first-order valence-electron chi connectivity index (χ1n) is 9.75. The number of Topliss-reactive ketones (excluding diaryl/α,β-unsaturated/α-hetero) is 2. The zero-order valence-corrected chi connectivity index (χ0v) is 17.5. The molecule has 6 nitrogen and oxygen atoms in total. The zero-order valence-electron chi connectivity index (χ0n) is 16.7. The second kappa shape index (κ2) is 8.88. The first-order chi connectivity index (χ1) is 13.8. The molecule has 1 aliphatic rings. The van der Waals surface area contributed by atoms with Gasteiger partial charge in [-0.3, -0.25) is 9.59 Å². The fourth-order valence-corrected chi connectivity index (χ4v) is 5.12. The van der Waals surface area contributed by atoms with E-state index in [1.165, 1.54) is 23.4 Å². The Hall–Kier alpha value is -2.51. The number of sulfonamides is 1. The molecule has 0 spiro atoms. The Bertz CT molecular complexity index is 1020. The van der Waals surface area contributed by atoms with Gasteiger partial charge >= 0.3 is 0 Å². The molecule has 1 fully saturated rings. The minimum atomic E-state index is -3.61. The van der Waals surface area contributed by atoms with Crippen molar-refractivity contribution in [1.29, 1.82) is 0 Å². The predicted octanol–water partition coefficient (Wildman–Crippen LogP) is 3.60. The maximum Gasteiger partial charge on any atom is 0.243 e. The lowest BCUT2D eigenvalue weighted by molar-refractivity contribution is 0.100. The van der Waals surface area contributed by atoms with Gasteiger partial charge in [0.25, 0.3) is 0 Å². The minimum absolute atomic E-state index is 0.00556. The molecule has 3 rings (SSSR count). The van der Waals surface area contributed by atoms with Crippen molar-refractivity contribution in [3.05, 3.63) is 59.7 Å². The normalized spacial score (nSPS) is 17.7. The molecule has 0 radical (unpaired) electrons. The molecular formula is C22H26N2O4S. The Morgan fingerprint density at radius 3 is 2.55 bits per heavy atom. The van der Waals surface area contributed by atoms with Crippen LogP contribution in [-0.4, -0.2) is 43.9 Å². The molecule has 2 aromatic rings. The molecule has 154 valence electrons. The molecule has 1 unspecified atom stereocenters. The van der Waals surface area contributed by atoms with Crippen LogP contribution in [0.5, 0.6) is 0 Å². The van der Waals surface area contributed by atoms with Gasteiger partial charge in [-0.25, -0.2) is 8.42 Å². The van der Waals surface area contributed by atoms with Crippen molar-refractivity contribution in [2.24, 2.45) is 5.92 Å². The van der Waals surface area contributed by atoms with Crippen LogP contribution in [0.3, 0.4) is 0 Å².